The van der Waals surface area contributed by atoms with Crippen LogP contribution >= 0.6 is 11.3 Å². The molecule has 0 atom stereocenters. The molecule has 8 aromatic rings. The molecule has 8 rings (SSSR count). The van der Waals surface area contributed by atoms with Crippen molar-refractivity contribution in [3.63, 3.8) is 0 Å². The Morgan fingerprint density at radius 1 is 0.333 bits per heavy atom. The van der Waals surface area contributed by atoms with E-state index in [1.54, 1.807) is 11.3 Å². The summed E-state index contributed by atoms with van der Waals surface area (Å²) < 4.78 is 1.15. The maximum Gasteiger partial charge on any atom is 0.164 e. The summed E-state index contributed by atoms with van der Waals surface area (Å²) in [4.78, 5) is 20.1. The van der Waals surface area contributed by atoms with Crippen LogP contribution in [0.5, 0.6) is 0 Å². The van der Waals surface area contributed by atoms with Gasteiger partial charge in [0.05, 0.1) is 10.2 Å². The summed E-state index contributed by atoms with van der Waals surface area (Å²) in [5.74, 6) is 1.90. The third kappa shape index (κ3) is 5.42. The fourth-order valence-electron chi connectivity index (χ4n) is 5.53. The van der Waals surface area contributed by atoms with Gasteiger partial charge in [0.2, 0.25) is 0 Å². The number of para-hydroxylation sites is 1. The smallest absolute Gasteiger partial charge is 0.164 e. The van der Waals surface area contributed by atoms with E-state index in [9.17, 15) is 0 Å². The molecule has 0 aliphatic carbocycles. The third-order valence-electron chi connectivity index (χ3n) is 7.75. The van der Waals surface area contributed by atoms with Crippen molar-refractivity contribution in [3.05, 3.63) is 158 Å². The van der Waals surface area contributed by atoms with Crippen LogP contribution in [0.25, 0.3) is 77.2 Å². The highest BCUT2D eigenvalue weighted by Gasteiger charge is 2.17. The van der Waals surface area contributed by atoms with Crippen molar-refractivity contribution in [3.8, 4) is 67.0 Å². The molecule has 5 heteroatoms. The fourth-order valence-corrected chi connectivity index (χ4v) is 6.53. The Kier molecular flexibility index (Phi) is 6.98. The van der Waals surface area contributed by atoms with Gasteiger partial charge in [0, 0.05) is 27.8 Å². The molecule has 0 unspecified atom stereocenters. The van der Waals surface area contributed by atoms with Crippen molar-refractivity contribution < 1.29 is 0 Å². The van der Waals surface area contributed by atoms with E-state index < -0.39 is 0 Å². The van der Waals surface area contributed by atoms with Gasteiger partial charge < -0.3 is 0 Å². The summed E-state index contributed by atoms with van der Waals surface area (Å²) in [6.07, 6.45) is 0. The van der Waals surface area contributed by atoms with E-state index in [2.05, 4.69) is 84.9 Å². The van der Waals surface area contributed by atoms with E-state index in [4.69, 9.17) is 19.9 Å². The minimum atomic E-state index is 0.622. The lowest BCUT2D eigenvalue weighted by molar-refractivity contribution is 1.07. The highest BCUT2D eigenvalue weighted by molar-refractivity contribution is 7.21. The van der Waals surface area contributed by atoms with Gasteiger partial charge in [0.1, 0.15) is 5.01 Å². The zero-order valence-electron chi connectivity index (χ0n) is 24.2. The van der Waals surface area contributed by atoms with Crippen LogP contribution in [0, 0.1) is 0 Å². The van der Waals surface area contributed by atoms with Crippen LogP contribution in [0.1, 0.15) is 0 Å². The highest BCUT2D eigenvalue weighted by atomic mass is 32.1. The molecule has 2 aromatic heterocycles. The van der Waals surface area contributed by atoms with Gasteiger partial charge >= 0.3 is 0 Å². The van der Waals surface area contributed by atoms with Gasteiger partial charge in [-0.15, -0.1) is 11.3 Å². The van der Waals surface area contributed by atoms with Gasteiger partial charge in [-0.3, -0.25) is 0 Å². The monoisotopic (exact) mass is 594 g/mol. The van der Waals surface area contributed by atoms with Crippen molar-refractivity contribution in [1.29, 1.82) is 0 Å². The fraction of sp³-hybridized carbons (Fsp3) is 0. The molecule has 212 valence electrons. The van der Waals surface area contributed by atoms with Gasteiger partial charge in [-0.05, 0) is 41.0 Å². The summed E-state index contributed by atoms with van der Waals surface area (Å²) >= 11 is 1.72. The van der Waals surface area contributed by atoms with Gasteiger partial charge in [0.15, 0.2) is 17.5 Å². The second-order valence-corrected chi connectivity index (χ2v) is 11.8. The minimum Gasteiger partial charge on any atom is -0.235 e. The van der Waals surface area contributed by atoms with Crippen LogP contribution in [-0.2, 0) is 0 Å². The molecule has 0 radical (unpaired) electrons. The van der Waals surface area contributed by atoms with Crippen LogP contribution in [0.3, 0.4) is 0 Å². The largest absolute Gasteiger partial charge is 0.235 e. The number of fused-ring (bicyclic) bond motifs is 1. The van der Waals surface area contributed by atoms with Gasteiger partial charge in [-0.1, -0.05) is 133 Å². The van der Waals surface area contributed by atoms with Crippen LogP contribution < -0.4 is 0 Å². The minimum absolute atomic E-state index is 0.622. The SMILES string of the molecule is c1ccc(-c2cc(-c3nc(-c4ccccc4)nc(-c4ccccc4)n3)cc(-c3cccc4sc(-c5ccccc5)nc34)c2)cc1. The molecule has 0 fully saturated rings. The predicted octanol–water partition coefficient (Wildman–Crippen LogP) is 10.5. The van der Waals surface area contributed by atoms with Crippen molar-refractivity contribution in [2.45, 2.75) is 0 Å². The molecule has 0 aliphatic heterocycles. The van der Waals surface area contributed by atoms with Gasteiger partial charge in [-0.25, -0.2) is 19.9 Å². The second-order valence-electron chi connectivity index (χ2n) is 10.7. The lowest BCUT2D eigenvalue weighted by Gasteiger charge is -2.13. The Balaban J connectivity index is 1.35. The molecule has 6 aromatic carbocycles. The maximum atomic E-state index is 5.15. The summed E-state index contributed by atoms with van der Waals surface area (Å²) in [7, 11) is 0. The van der Waals surface area contributed by atoms with Gasteiger partial charge in [0.25, 0.3) is 0 Å². The third-order valence-corrected chi connectivity index (χ3v) is 8.82. The highest BCUT2D eigenvalue weighted by Crippen LogP contribution is 2.39. The quantitative estimate of drug-likeness (QED) is 0.192. The Hall–Kier alpha value is -5.78. The van der Waals surface area contributed by atoms with Gasteiger partial charge in [-0.2, -0.15) is 0 Å². The first kappa shape index (κ1) is 26.8. The van der Waals surface area contributed by atoms with E-state index in [-0.39, 0.29) is 0 Å². The van der Waals surface area contributed by atoms with Crippen molar-refractivity contribution in [2.24, 2.45) is 0 Å². The topological polar surface area (TPSA) is 51.6 Å². The number of hydrogen-bond donors (Lipinski definition) is 0. The Morgan fingerprint density at radius 2 is 0.800 bits per heavy atom. The molecule has 4 nitrogen and oxygen atoms in total. The predicted molar refractivity (Wildman–Crippen MR) is 186 cm³/mol. The first-order valence-corrected chi connectivity index (χ1v) is 15.6. The molecule has 0 N–H and O–H groups in total. The Labute approximate surface area is 265 Å². The van der Waals surface area contributed by atoms with Crippen LogP contribution in [0.15, 0.2) is 158 Å². The van der Waals surface area contributed by atoms with Crippen LogP contribution in [-0.4, -0.2) is 19.9 Å². The lowest BCUT2D eigenvalue weighted by Crippen LogP contribution is -2.00. The van der Waals surface area contributed by atoms with E-state index in [1.165, 1.54) is 0 Å². The summed E-state index contributed by atoms with van der Waals surface area (Å²) in [6, 6.07) is 54.0. The molecule has 0 spiro atoms. The molecule has 0 amide bonds. The number of aromatic nitrogens is 4. The van der Waals surface area contributed by atoms with E-state index in [0.717, 1.165) is 59.7 Å². The Bertz CT molecular complexity index is 2190. The average molecular weight is 595 g/mol. The number of hydrogen-bond acceptors (Lipinski definition) is 5. The molecule has 2 heterocycles. The van der Waals surface area contributed by atoms with Crippen molar-refractivity contribution in [2.75, 3.05) is 0 Å². The number of benzene rings is 6. The van der Waals surface area contributed by atoms with E-state index in [1.807, 2.05) is 72.8 Å². The molecule has 0 bridgehead atoms. The van der Waals surface area contributed by atoms with Crippen molar-refractivity contribution in [1.82, 2.24) is 19.9 Å². The van der Waals surface area contributed by atoms with E-state index in [0.29, 0.717) is 17.5 Å². The maximum absolute atomic E-state index is 5.15. The molecular formula is C40H26N4S. The zero-order chi connectivity index (χ0) is 30.0. The normalized spacial score (nSPS) is 11.1. The molecular weight excluding hydrogens is 569 g/mol. The Morgan fingerprint density at radius 3 is 1.38 bits per heavy atom. The number of thiazole rings is 1. The standard InChI is InChI=1S/C40H26N4S/c1-5-14-27(15-6-1)31-24-32(34-22-13-23-35-36(34)41-40(45-35)30-20-11-4-12-21-30)26-33(25-31)39-43-37(28-16-7-2-8-17-28)42-38(44-39)29-18-9-3-10-19-29/h1-26H. The van der Waals surface area contributed by atoms with Crippen molar-refractivity contribution >= 4 is 21.6 Å². The lowest BCUT2D eigenvalue weighted by atomic mass is 9.95. The number of nitrogens with zero attached hydrogens (tertiary/aromatic N) is 4. The van der Waals surface area contributed by atoms with Crippen LogP contribution in [0.2, 0.25) is 0 Å². The van der Waals surface area contributed by atoms with E-state index >= 15 is 0 Å². The molecule has 0 aliphatic rings. The summed E-state index contributed by atoms with van der Waals surface area (Å²) in [5, 5.41) is 1.01. The molecule has 0 saturated heterocycles. The summed E-state index contributed by atoms with van der Waals surface area (Å²) in [5.41, 5.74) is 9.25. The molecule has 45 heavy (non-hydrogen) atoms. The first-order chi connectivity index (χ1) is 22.3. The number of rotatable bonds is 6. The average Bonchev–Trinajstić information content (AvgIpc) is 3.58. The molecule has 0 saturated carbocycles. The zero-order valence-corrected chi connectivity index (χ0v) is 25.0. The first-order valence-electron chi connectivity index (χ1n) is 14.8. The van der Waals surface area contributed by atoms with Crippen LogP contribution in [0.4, 0.5) is 0 Å². The summed E-state index contributed by atoms with van der Waals surface area (Å²) in [6.45, 7) is 0. The second kappa shape index (κ2) is 11.7.